The van der Waals surface area contributed by atoms with Crippen LogP contribution in [0.5, 0.6) is 0 Å². The van der Waals surface area contributed by atoms with E-state index in [0.29, 0.717) is 43.3 Å². The molecule has 7 nitrogen and oxygen atoms in total. The molecule has 3 heterocycles. The van der Waals surface area contributed by atoms with Crippen molar-refractivity contribution in [2.75, 3.05) is 36.0 Å². The van der Waals surface area contributed by atoms with Crippen molar-refractivity contribution in [2.24, 2.45) is 0 Å². The van der Waals surface area contributed by atoms with Crippen LogP contribution in [0, 0.1) is 37.9 Å². The van der Waals surface area contributed by atoms with Crippen LogP contribution < -0.4 is 9.80 Å². The van der Waals surface area contributed by atoms with E-state index in [4.69, 9.17) is 0 Å². The van der Waals surface area contributed by atoms with Gasteiger partial charge in [0, 0.05) is 37.9 Å². The molecule has 0 spiro atoms. The number of aryl methyl sites for hydroxylation is 3. The lowest BCUT2D eigenvalue weighted by Crippen LogP contribution is -2.47. The molecule has 0 amide bonds. The summed E-state index contributed by atoms with van der Waals surface area (Å²) in [4.78, 5) is 13.2. The number of benzene rings is 1. The SMILES string of the molecule is Cc1cc(C)n(-c2cc(N3CCN(c4c(F)cccc4C#N)CC3)nc(C)n2)n1. The van der Waals surface area contributed by atoms with Crippen LogP contribution >= 0.6 is 0 Å². The van der Waals surface area contributed by atoms with Crippen LogP contribution in [0.3, 0.4) is 0 Å². The Labute approximate surface area is 169 Å². The number of para-hydroxylation sites is 1. The standard InChI is InChI=1S/C21H22FN7/c1-14-11-15(2)29(26-14)20-12-19(24-16(3)25-20)27-7-9-28(10-8-27)21-17(13-23)5-4-6-18(21)22/h4-6,11-12H,7-10H2,1-3H3. The zero-order valence-corrected chi connectivity index (χ0v) is 16.7. The second-order valence-electron chi connectivity index (χ2n) is 7.19. The van der Waals surface area contributed by atoms with Gasteiger partial charge in [0.1, 0.15) is 23.5 Å². The number of aromatic nitrogens is 4. The van der Waals surface area contributed by atoms with Crippen LogP contribution in [0.4, 0.5) is 15.9 Å². The maximum absolute atomic E-state index is 14.3. The summed E-state index contributed by atoms with van der Waals surface area (Å²) in [7, 11) is 0. The lowest BCUT2D eigenvalue weighted by molar-refractivity contribution is 0.595. The van der Waals surface area contributed by atoms with Crippen LogP contribution in [0.2, 0.25) is 0 Å². The van der Waals surface area contributed by atoms with E-state index in [1.165, 1.54) is 6.07 Å². The van der Waals surface area contributed by atoms with Crippen molar-refractivity contribution in [3.63, 3.8) is 0 Å². The number of hydrogen-bond acceptors (Lipinski definition) is 6. The van der Waals surface area contributed by atoms with Crippen molar-refractivity contribution in [2.45, 2.75) is 20.8 Å². The molecule has 3 aromatic rings. The molecule has 148 valence electrons. The Morgan fingerprint density at radius 3 is 2.31 bits per heavy atom. The summed E-state index contributed by atoms with van der Waals surface area (Å²) in [6.45, 7) is 8.38. The lowest BCUT2D eigenvalue weighted by atomic mass is 10.1. The van der Waals surface area contributed by atoms with Gasteiger partial charge in [0.2, 0.25) is 0 Å². The van der Waals surface area contributed by atoms with Crippen molar-refractivity contribution in [3.8, 4) is 11.9 Å². The van der Waals surface area contributed by atoms with E-state index in [9.17, 15) is 9.65 Å². The molecule has 1 aliphatic rings. The van der Waals surface area contributed by atoms with E-state index in [1.807, 2.05) is 42.5 Å². The first-order valence-electron chi connectivity index (χ1n) is 9.54. The van der Waals surface area contributed by atoms with Crippen LogP contribution in [-0.2, 0) is 0 Å². The van der Waals surface area contributed by atoms with Crippen LogP contribution in [0.15, 0.2) is 30.3 Å². The second kappa shape index (κ2) is 7.51. The average Bonchev–Trinajstić information content (AvgIpc) is 3.05. The number of nitriles is 1. The highest BCUT2D eigenvalue weighted by Gasteiger charge is 2.23. The molecule has 0 radical (unpaired) electrons. The van der Waals surface area contributed by atoms with E-state index in [1.54, 1.807) is 12.1 Å². The molecule has 0 unspecified atom stereocenters. The topological polar surface area (TPSA) is 73.9 Å². The third-order valence-corrected chi connectivity index (χ3v) is 5.06. The van der Waals surface area contributed by atoms with E-state index in [-0.39, 0.29) is 5.82 Å². The second-order valence-corrected chi connectivity index (χ2v) is 7.19. The highest BCUT2D eigenvalue weighted by molar-refractivity contribution is 5.61. The van der Waals surface area contributed by atoms with Gasteiger partial charge in [-0.3, -0.25) is 0 Å². The van der Waals surface area contributed by atoms with Crippen molar-refractivity contribution < 1.29 is 4.39 Å². The van der Waals surface area contributed by atoms with Gasteiger partial charge < -0.3 is 9.80 Å². The Kier molecular flexibility index (Phi) is 4.89. The molecular formula is C21H22FN7. The van der Waals surface area contributed by atoms with E-state index < -0.39 is 0 Å². The van der Waals surface area contributed by atoms with Crippen LogP contribution in [0.1, 0.15) is 22.8 Å². The molecule has 1 saturated heterocycles. The quantitative estimate of drug-likeness (QED) is 0.684. The zero-order chi connectivity index (χ0) is 20.5. The number of piperazine rings is 1. The van der Waals surface area contributed by atoms with Crippen LogP contribution in [0.25, 0.3) is 5.82 Å². The monoisotopic (exact) mass is 391 g/mol. The molecule has 4 rings (SSSR count). The predicted molar refractivity (Wildman–Crippen MR) is 109 cm³/mol. The Morgan fingerprint density at radius 1 is 0.966 bits per heavy atom. The van der Waals surface area contributed by atoms with Crippen LogP contribution in [-0.4, -0.2) is 45.9 Å². The van der Waals surface area contributed by atoms with Crippen molar-refractivity contribution >= 4 is 11.5 Å². The van der Waals surface area contributed by atoms with E-state index >= 15 is 0 Å². The predicted octanol–water partition coefficient (Wildman–Crippen LogP) is 2.92. The molecule has 8 heteroatoms. The summed E-state index contributed by atoms with van der Waals surface area (Å²) < 4.78 is 16.2. The van der Waals surface area contributed by atoms with Gasteiger partial charge in [0.05, 0.1) is 16.9 Å². The first kappa shape index (κ1) is 18.9. The molecule has 0 saturated carbocycles. The first-order chi connectivity index (χ1) is 14.0. The van der Waals surface area contributed by atoms with Crippen molar-refractivity contribution in [1.29, 1.82) is 5.26 Å². The fourth-order valence-electron chi connectivity index (χ4n) is 3.75. The average molecular weight is 391 g/mol. The number of rotatable bonds is 3. The fraction of sp³-hybridized carbons (Fsp3) is 0.333. The maximum atomic E-state index is 14.3. The smallest absolute Gasteiger partial charge is 0.159 e. The molecule has 29 heavy (non-hydrogen) atoms. The summed E-state index contributed by atoms with van der Waals surface area (Å²) in [5.41, 5.74) is 2.70. The molecule has 0 atom stereocenters. The van der Waals surface area contributed by atoms with E-state index in [2.05, 4.69) is 26.0 Å². The summed E-state index contributed by atoms with van der Waals surface area (Å²) in [6, 6.07) is 10.7. The molecule has 0 aliphatic carbocycles. The Bertz CT molecular complexity index is 1090. The highest BCUT2D eigenvalue weighted by atomic mass is 19.1. The summed E-state index contributed by atoms with van der Waals surface area (Å²) in [5, 5.41) is 13.8. The third kappa shape index (κ3) is 3.63. The molecular weight excluding hydrogens is 369 g/mol. The molecule has 1 aromatic carbocycles. The Hall–Kier alpha value is -3.47. The normalized spacial score (nSPS) is 14.2. The van der Waals surface area contributed by atoms with Gasteiger partial charge in [0.25, 0.3) is 0 Å². The molecule has 1 aliphatic heterocycles. The minimum absolute atomic E-state index is 0.359. The van der Waals surface area contributed by atoms with Gasteiger partial charge in [-0.2, -0.15) is 10.4 Å². The Balaban J connectivity index is 1.57. The first-order valence-corrected chi connectivity index (χ1v) is 9.54. The number of nitrogens with zero attached hydrogens (tertiary/aromatic N) is 7. The van der Waals surface area contributed by atoms with Gasteiger partial charge in [-0.25, -0.2) is 19.0 Å². The minimum atomic E-state index is -0.359. The van der Waals surface area contributed by atoms with Gasteiger partial charge in [-0.1, -0.05) is 6.07 Å². The van der Waals surface area contributed by atoms with Gasteiger partial charge in [-0.15, -0.1) is 0 Å². The molecule has 0 N–H and O–H groups in total. The summed E-state index contributed by atoms with van der Waals surface area (Å²) >= 11 is 0. The highest BCUT2D eigenvalue weighted by Crippen LogP contribution is 2.26. The minimum Gasteiger partial charge on any atom is -0.365 e. The molecule has 0 bridgehead atoms. The van der Waals surface area contributed by atoms with E-state index in [0.717, 1.165) is 23.0 Å². The third-order valence-electron chi connectivity index (χ3n) is 5.06. The molecule has 2 aromatic heterocycles. The maximum Gasteiger partial charge on any atom is 0.159 e. The lowest BCUT2D eigenvalue weighted by Gasteiger charge is -2.37. The van der Waals surface area contributed by atoms with Crippen molar-refractivity contribution in [3.05, 3.63) is 58.9 Å². The largest absolute Gasteiger partial charge is 0.365 e. The van der Waals surface area contributed by atoms with Crippen molar-refractivity contribution in [1.82, 2.24) is 19.7 Å². The van der Waals surface area contributed by atoms with Gasteiger partial charge in [-0.05, 0) is 39.0 Å². The number of hydrogen-bond donors (Lipinski definition) is 0. The number of anilines is 2. The zero-order valence-electron chi connectivity index (χ0n) is 16.7. The fourth-order valence-corrected chi connectivity index (χ4v) is 3.75. The summed E-state index contributed by atoms with van der Waals surface area (Å²) in [6.07, 6.45) is 0. The Morgan fingerprint density at radius 2 is 1.66 bits per heavy atom. The number of halogens is 1. The van der Waals surface area contributed by atoms with Gasteiger partial charge >= 0.3 is 0 Å². The summed E-state index contributed by atoms with van der Waals surface area (Å²) in [5.74, 6) is 1.88. The molecule has 1 fully saturated rings. The van der Waals surface area contributed by atoms with Gasteiger partial charge in [0.15, 0.2) is 5.82 Å².